The monoisotopic (exact) mass is 373 g/mol. The first kappa shape index (κ1) is 18.0. The Morgan fingerprint density at radius 3 is 2.75 bits per heavy atom. The van der Waals surface area contributed by atoms with Gasteiger partial charge < -0.3 is 14.3 Å². The first-order valence-corrected chi connectivity index (χ1v) is 9.38. The van der Waals surface area contributed by atoms with Crippen LogP contribution in [-0.2, 0) is 6.54 Å². The quantitative estimate of drug-likeness (QED) is 0.547. The second-order valence-electron chi connectivity index (χ2n) is 7.15. The molecule has 0 aliphatic heterocycles. The molecule has 0 aliphatic carbocycles. The Balaban J connectivity index is 1.72. The molecule has 0 saturated carbocycles. The van der Waals surface area contributed by atoms with Crippen LogP contribution in [0.15, 0.2) is 65.3 Å². The van der Waals surface area contributed by atoms with Gasteiger partial charge >= 0.3 is 0 Å². The second kappa shape index (κ2) is 7.35. The number of para-hydroxylation sites is 2. The van der Waals surface area contributed by atoms with Crippen molar-refractivity contribution in [2.75, 3.05) is 0 Å². The fraction of sp³-hybridized carbons (Fsp3) is 0.217. The Kier molecular flexibility index (Phi) is 4.74. The third kappa shape index (κ3) is 3.43. The van der Waals surface area contributed by atoms with Crippen molar-refractivity contribution in [3.63, 3.8) is 0 Å². The SMILES string of the molecule is Cc1ccc(C)c(Cn2c([C@@H](C)NC(=O)c3ccco3)nc3ccccc32)c1. The van der Waals surface area contributed by atoms with Crippen LogP contribution in [0.2, 0.25) is 0 Å². The molecular formula is C23H23N3O2. The lowest BCUT2D eigenvalue weighted by Crippen LogP contribution is -2.28. The van der Waals surface area contributed by atoms with Crippen LogP contribution in [-0.4, -0.2) is 15.5 Å². The van der Waals surface area contributed by atoms with E-state index in [2.05, 4.69) is 48.0 Å². The van der Waals surface area contributed by atoms with Crippen molar-refractivity contribution < 1.29 is 9.21 Å². The van der Waals surface area contributed by atoms with Gasteiger partial charge in [-0.3, -0.25) is 4.79 Å². The minimum atomic E-state index is -0.268. The van der Waals surface area contributed by atoms with Crippen molar-refractivity contribution in [1.29, 1.82) is 0 Å². The predicted molar refractivity (Wildman–Crippen MR) is 109 cm³/mol. The van der Waals surface area contributed by atoms with Crippen LogP contribution >= 0.6 is 0 Å². The number of hydrogen-bond donors (Lipinski definition) is 1. The van der Waals surface area contributed by atoms with Crippen LogP contribution in [0.5, 0.6) is 0 Å². The number of benzene rings is 2. The highest BCUT2D eigenvalue weighted by Crippen LogP contribution is 2.24. The summed E-state index contributed by atoms with van der Waals surface area (Å²) in [5.74, 6) is 0.869. The molecule has 2 aromatic heterocycles. The maximum Gasteiger partial charge on any atom is 0.287 e. The zero-order valence-electron chi connectivity index (χ0n) is 16.3. The Morgan fingerprint density at radius 1 is 1.14 bits per heavy atom. The van der Waals surface area contributed by atoms with E-state index in [1.807, 2.05) is 25.1 Å². The van der Waals surface area contributed by atoms with Gasteiger partial charge in [0.2, 0.25) is 0 Å². The molecule has 142 valence electrons. The molecule has 0 fully saturated rings. The van der Waals surface area contributed by atoms with E-state index in [1.165, 1.54) is 23.0 Å². The summed E-state index contributed by atoms with van der Waals surface area (Å²) in [6, 6.07) is 17.6. The molecule has 5 nitrogen and oxygen atoms in total. The highest BCUT2D eigenvalue weighted by molar-refractivity contribution is 5.91. The Morgan fingerprint density at radius 2 is 1.96 bits per heavy atom. The van der Waals surface area contributed by atoms with E-state index in [9.17, 15) is 4.79 Å². The number of hydrogen-bond acceptors (Lipinski definition) is 3. The number of carbonyl (C=O) groups excluding carboxylic acids is 1. The van der Waals surface area contributed by atoms with Gasteiger partial charge in [0, 0.05) is 6.54 Å². The summed E-state index contributed by atoms with van der Waals surface area (Å²) in [4.78, 5) is 17.2. The third-order valence-corrected chi connectivity index (χ3v) is 5.00. The molecule has 2 aromatic carbocycles. The molecular weight excluding hydrogens is 350 g/mol. The van der Waals surface area contributed by atoms with Crippen LogP contribution in [0.25, 0.3) is 11.0 Å². The Bertz CT molecular complexity index is 1130. The maximum atomic E-state index is 12.4. The summed E-state index contributed by atoms with van der Waals surface area (Å²) in [7, 11) is 0. The van der Waals surface area contributed by atoms with Gasteiger partial charge in [0.1, 0.15) is 5.82 Å². The first-order valence-electron chi connectivity index (χ1n) is 9.38. The lowest BCUT2D eigenvalue weighted by Gasteiger charge is -2.17. The molecule has 0 radical (unpaired) electrons. The molecule has 0 saturated heterocycles. The summed E-state index contributed by atoms with van der Waals surface area (Å²) < 4.78 is 7.39. The van der Waals surface area contributed by atoms with Crippen molar-refractivity contribution in [1.82, 2.24) is 14.9 Å². The lowest BCUT2D eigenvalue weighted by atomic mass is 10.1. The van der Waals surface area contributed by atoms with Crippen LogP contribution < -0.4 is 5.32 Å². The number of rotatable bonds is 5. The smallest absolute Gasteiger partial charge is 0.287 e. The van der Waals surface area contributed by atoms with E-state index >= 15 is 0 Å². The minimum absolute atomic E-state index is 0.247. The molecule has 4 aromatic rings. The topological polar surface area (TPSA) is 60.1 Å². The number of aromatic nitrogens is 2. The van der Waals surface area contributed by atoms with E-state index in [4.69, 9.17) is 9.40 Å². The van der Waals surface area contributed by atoms with E-state index in [-0.39, 0.29) is 11.9 Å². The zero-order chi connectivity index (χ0) is 19.7. The fourth-order valence-corrected chi connectivity index (χ4v) is 3.47. The van der Waals surface area contributed by atoms with Gasteiger partial charge in [-0.05, 0) is 56.2 Å². The van der Waals surface area contributed by atoms with E-state index in [1.54, 1.807) is 12.1 Å². The van der Waals surface area contributed by atoms with Crippen molar-refractivity contribution >= 4 is 16.9 Å². The van der Waals surface area contributed by atoms with Crippen LogP contribution in [0, 0.1) is 13.8 Å². The van der Waals surface area contributed by atoms with Gasteiger partial charge in [-0.2, -0.15) is 0 Å². The highest BCUT2D eigenvalue weighted by atomic mass is 16.3. The number of nitrogens with one attached hydrogen (secondary N) is 1. The summed E-state index contributed by atoms with van der Waals surface area (Å²) in [5.41, 5.74) is 5.68. The normalized spacial score (nSPS) is 12.2. The number of furan rings is 1. The van der Waals surface area contributed by atoms with E-state index in [0.717, 1.165) is 16.9 Å². The molecule has 0 unspecified atom stereocenters. The van der Waals surface area contributed by atoms with Gasteiger partial charge in [0.05, 0.1) is 23.3 Å². The third-order valence-electron chi connectivity index (χ3n) is 5.00. The predicted octanol–water partition coefficient (Wildman–Crippen LogP) is 4.79. The van der Waals surface area contributed by atoms with Crippen LogP contribution in [0.4, 0.5) is 0 Å². The number of aryl methyl sites for hydroxylation is 2. The zero-order valence-corrected chi connectivity index (χ0v) is 16.3. The van der Waals surface area contributed by atoms with Crippen LogP contribution in [0.3, 0.4) is 0 Å². The molecule has 1 N–H and O–H groups in total. The summed E-state index contributed by atoms with van der Waals surface area (Å²) in [6.45, 7) is 6.86. The molecule has 2 heterocycles. The molecule has 5 heteroatoms. The largest absolute Gasteiger partial charge is 0.459 e. The average Bonchev–Trinajstić information content (AvgIpc) is 3.33. The number of amides is 1. The van der Waals surface area contributed by atoms with Gasteiger partial charge in [-0.15, -0.1) is 0 Å². The van der Waals surface area contributed by atoms with Gasteiger partial charge in [-0.25, -0.2) is 4.98 Å². The van der Waals surface area contributed by atoms with Gasteiger partial charge in [0.25, 0.3) is 5.91 Å². The number of imidazole rings is 1. The Labute approximate surface area is 164 Å². The van der Waals surface area contributed by atoms with Crippen molar-refractivity contribution in [3.8, 4) is 0 Å². The van der Waals surface area contributed by atoms with Crippen molar-refractivity contribution in [2.45, 2.75) is 33.4 Å². The second-order valence-corrected chi connectivity index (χ2v) is 7.15. The number of nitrogens with zero attached hydrogens (tertiary/aromatic N) is 2. The molecule has 4 rings (SSSR count). The standard InChI is InChI=1S/C23H23N3O2/c1-15-10-11-16(2)18(13-15)14-26-20-8-5-4-7-19(20)25-22(26)17(3)24-23(27)21-9-6-12-28-21/h4-13,17H,14H2,1-3H3,(H,24,27)/t17-/m1/s1. The maximum absolute atomic E-state index is 12.4. The van der Waals surface area contributed by atoms with E-state index < -0.39 is 0 Å². The van der Waals surface area contributed by atoms with Crippen LogP contribution in [0.1, 0.15) is 46.0 Å². The summed E-state index contributed by atoms with van der Waals surface area (Å²) in [6.07, 6.45) is 1.50. The minimum Gasteiger partial charge on any atom is -0.459 e. The fourth-order valence-electron chi connectivity index (χ4n) is 3.47. The molecule has 0 spiro atoms. The number of carbonyl (C=O) groups is 1. The summed E-state index contributed by atoms with van der Waals surface area (Å²) >= 11 is 0. The van der Waals surface area contributed by atoms with E-state index in [0.29, 0.717) is 12.3 Å². The van der Waals surface area contributed by atoms with Gasteiger partial charge in [-0.1, -0.05) is 35.9 Å². The van der Waals surface area contributed by atoms with Crippen molar-refractivity contribution in [3.05, 3.63) is 89.1 Å². The van der Waals surface area contributed by atoms with Gasteiger partial charge in [0.15, 0.2) is 5.76 Å². The molecule has 28 heavy (non-hydrogen) atoms. The average molecular weight is 373 g/mol. The molecule has 1 atom stereocenters. The molecule has 1 amide bonds. The molecule has 0 aliphatic rings. The lowest BCUT2D eigenvalue weighted by molar-refractivity contribution is 0.0909. The summed E-state index contributed by atoms with van der Waals surface area (Å²) in [5, 5.41) is 3.00. The Hall–Kier alpha value is -3.34. The highest BCUT2D eigenvalue weighted by Gasteiger charge is 2.20. The first-order chi connectivity index (χ1) is 13.5. The van der Waals surface area contributed by atoms with Crippen molar-refractivity contribution in [2.24, 2.45) is 0 Å². The number of fused-ring (bicyclic) bond motifs is 1. The molecule has 0 bridgehead atoms.